The van der Waals surface area contributed by atoms with E-state index in [1.807, 2.05) is 4.98 Å². The van der Waals surface area contributed by atoms with Crippen molar-refractivity contribution in [3.05, 3.63) is 37.6 Å². The minimum absolute atomic E-state index is 0.0959. The molecule has 1 fully saturated rings. The predicted molar refractivity (Wildman–Crippen MR) is 75.9 cm³/mol. The van der Waals surface area contributed by atoms with Crippen LogP contribution in [0.4, 0.5) is 8.78 Å². The summed E-state index contributed by atoms with van der Waals surface area (Å²) in [5.74, 6) is -5.66. The molecule has 7 nitrogen and oxygen atoms in total. The normalized spacial score (nSPS) is 31.0. The third-order valence-corrected chi connectivity index (χ3v) is 3.97. The third kappa shape index (κ3) is 2.56. The van der Waals surface area contributed by atoms with Gasteiger partial charge in [0.05, 0.1) is 24.2 Å². The van der Waals surface area contributed by atoms with E-state index in [1.165, 1.54) is 11.1 Å². The summed E-state index contributed by atoms with van der Waals surface area (Å²) in [6.45, 7) is -1.06. The average molecular weight is 383 g/mol. The third-order valence-electron chi connectivity index (χ3n) is 3.71. The number of aromatic nitrogens is 2. The van der Waals surface area contributed by atoms with Crippen molar-refractivity contribution in [1.29, 1.82) is 0 Å². The van der Waals surface area contributed by atoms with Crippen molar-refractivity contribution in [2.45, 2.75) is 24.2 Å². The first-order valence-corrected chi connectivity index (χ1v) is 7.14. The average Bonchev–Trinajstić information content (AvgIpc) is 2.60. The maximum Gasteiger partial charge on any atom is 0.328 e. The van der Waals surface area contributed by atoms with E-state index in [0.717, 1.165) is 6.20 Å². The highest BCUT2D eigenvalue weighted by Crippen LogP contribution is 2.47. The van der Waals surface area contributed by atoms with Crippen molar-refractivity contribution in [2.24, 2.45) is 5.92 Å². The fourth-order valence-corrected chi connectivity index (χ4v) is 2.86. The van der Waals surface area contributed by atoms with E-state index in [4.69, 9.17) is 5.11 Å². The molecule has 2 unspecified atom stereocenters. The van der Waals surface area contributed by atoms with Gasteiger partial charge in [-0.3, -0.25) is 14.3 Å². The van der Waals surface area contributed by atoms with Gasteiger partial charge in [0.1, 0.15) is 12.1 Å². The lowest BCUT2D eigenvalue weighted by Crippen LogP contribution is -2.43. The molecule has 122 valence electrons. The van der Waals surface area contributed by atoms with Gasteiger partial charge in [0.15, 0.2) is 0 Å². The standard InChI is InChI=1S/C12H13BrF2N2O5/c13-2-1-5-3-17(11(22)16-10(5)21)9-8(20)7(19)6(4-18)12(9,14)15/h1-3,6-9,18-20H,4H2,(H,16,21,22)/b2-1+/t6-,7?,8?,9+/m0/s1. The number of H-pyrrole nitrogens is 1. The van der Waals surface area contributed by atoms with E-state index in [9.17, 15) is 28.6 Å². The van der Waals surface area contributed by atoms with Crippen LogP contribution in [0.5, 0.6) is 0 Å². The van der Waals surface area contributed by atoms with Crippen LogP contribution in [-0.2, 0) is 0 Å². The molecule has 22 heavy (non-hydrogen) atoms. The maximum atomic E-state index is 14.3. The van der Waals surface area contributed by atoms with Crippen LogP contribution in [0, 0.1) is 5.92 Å². The summed E-state index contributed by atoms with van der Waals surface area (Å²) in [5.41, 5.74) is -2.03. The summed E-state index contributed by atoms with van der Waals surface area (Å²) < 4.78 is 29.1. The summed E-state index contributed by atoms with van der Waals surface area (Å²) in [6.07, 6.45) is -1.78. The molecule has 1 aromatic heterocycles. The van der Waals surface area contributed by atoms with Crippen LogP contribution >= 0.6 is 15.9 Å². The highest BCUT2D eigenvalue weighted by atomic mass is 79.9. The number of nitrogens with zero attached hydrogens (tertiary/aromatic N) is 1. The van der Waals surface area contributed by atoms with Gasteiger partial charge in [-0.15, -0.1) is 0 Å². The molecule has 0 amide bonds. The zero-order chi connectivity index (χ0) is 16.7. The molecular formula is C12H13BrF2N2O5. The smallest absolute Gasteiger partial charge is 0.328 e. The largest absolute Gasteiger partial charge is 0.396 e. The van der Waals surface area contributed by atoms with Crippen LogP contribution in [0.25, 0.3) is 6.08 Å². The number of nitrogens with one attached hydrogen (secondary N) is 1. The molecule has 0 spiro atoms. The first kappa shape index (κ1) is 17.0. The molecule has 2 rings (SSSR count). The monoisotopic (exact) mass is 382 g/mol. The molecule has 0 aliphatic heterocycles. The van der Waals surface area contributed by atoms with Crippen molar-refractivity contribution in [2.75, 3.05) is 6.61 Å². The van der Waals surface area contributed by atoms with Crippen LogP contribution in [-0.4, -0.2) is 49.6 Å². The van der Waals surface area contributed by atoms with Crippen molar-refractivity contribution >= 4 is 22.0 Å². The Labute approximate surface area is 130 Å². The van der Waals surface area contributed by atoms with Gasteiger partial charge in [0.25, 0.3) is 11.5 Å². The van der Waals surface area contributed by atoms with E-state index in [2.05, 4.69) is 15.9 Å². The second kappa shape index (κ2) is 6.03. The van der Waals surface area contributed by atoms with E-state index >= 15 is 0 Å². The number of hydrogen-bond donors (Lipinski definition) is 4. The Kier molecular flexibility index (Phi) is 4.66. The predicted octanol–water partition coefficient (Wildman–Crippen LogP) is -0.577. The number of alkyl halides is 2. The van der Waals surface area contributed by atoms with Gasteiger partial charge in [-0.1, -0.05) is 15.9 Å². The zero-order valence-electron chi connectivity index (χ0n) is 11.0. The van der Waals surface area contributed by atoms with Crippen LogP contribution in [0.2, 0.25) is 0 Å². The van der Waals surface area contributed by atoms with Gasteiger partial charge in [-0.2, -0.15) is 0 Å². The molecule has 1 aliphatic carbocycles. The minimum Gasteiger partial charge on any atom is -0.396 e. The second-order valence-electron chi connectivity index (χ2n) is 4.93. The molecule has 0 radical (unpaired) electrons. The highest BCUT2D eigenvalue weighted by molar-refractivity contribution is 9.11. The van der Waals surface area contributed by atoms with Crippen molar-refractivity contribution in [3.63, 3.8) is 0 Å². The molecule has 1 aromatic rings. The number of hydrogen-bond acceptors (Lipinski definition) is 5. The summed E-state index contributed by atoms with van der Waals surface area (Å²) in [4.78, 5) is 26.5. The van der Waals surface area contributed by atoms with Gasteiger partial charge >= 0.3 is 5.69 Å². The summed E-state index contributed by atoms with van der Waals surface area (Å²) in [7, 11) is 0. The topological polar surface area (TPSA) is 116 Å². The molecule has 0 bridgehead atoms. The number of aromatic amines is 1. The fourth-order valence-electron chi connectivity index (χ4n) is 2.57. The molecule has 4 atom stereocenters. The van der Waals surface area contributed by atoms with Gasteiger partial charge in [0, 0.05) is 6.20 Å². The number of aliphatic hydroxyl groups is 3. The lowest BCUT2D eigenvalue weighted by molar-refractivity contribution is -0.102. The lowest BCUT2D eigenvalue weighted by Gasteiger charge is -2.25. The number of aliphatic hydroxyl groups excluding tert-OH is 3. The van der Waals surface area contributed by atoms with Crippen LogP contribution in [0.1, 0.15) is 11.6 Å². The Hall–Kier alpha value is -1.36. The van der Waals surface area contributed by atoms with Gasteiger partial charge in [-0.05, 0) is 11.1 Å². The van der Waals surface area contributed by atoms with Gasteiger partial charge in [-0.25, -0.2) is 13.6 Å². The lowest BCUT2D eigenvalue weighted by atomic mass is 10.0. The van der Waals surface area contributed by atoms with Crippen molar-refractivity contribution in [3.8, 4) is 0 Å². The fraction of sp³-hybridized carbons (Fsp3) is 0.500. The molecule has 0 aromatic carbocycles. The van der Waals surface area contributed by atoms with E-state index in [1.54, 1.807) is 0 Å². The zero-order valence-corrected chi connectivity index (χ0v) is 12.6. The first-order valence-electron chi connectivity index (χ1n) is 6.22. The van der Waals surface area contributed by atoms with Crippen LogP contribution < -0.4 is 11.2 Å². The van der Waals surface area contributed by atoms with E-state index < -0.39 is 47.9 Å². The van der Waals surface area contributed by atoms with E-state index in [-0.39, 0.29) is 5.56 Å². The van der Waals surface area contributed by atoms with Crippen LogP contribution in [0.15, 0.2) is 20.8 Å². The SMILES string of the molecule is O=c1[nH]c(=O)n([C@@H]2C(O)C(O)[C@H](CO)C2(F)F)cc1/C=C/Br. The minimum atomic E-state index is -3.75. The molecule has 10 heteroatoms. The summed E-state index contributed by atoms with van der Waals surface area (Å²) in [6, 6.07) is -2.11. The summed E-state index contributed by atoms with van der Waals surface area (Å²) >= 11 is 2.92. The first-order chi connectivity index (χ1) is 10.3. The maximum absolute atomic E-state index is 14.3. The molecule has 1 saturated carbocycles. The van der Waals surface area contributed by atoms with Gasteiger partial charge in [0.2, 0.25) is 0 Å². The Morgan fingerprint density at radius 2 is 2.00 bits per heavy atom. The second-order valence-corrected chi connectivity index (χ2v) is 5.46. The Morgan fingerprint density at radius 3 is 2.50 bits per heavy atom. The van der Waals surface area contributed by atoms with Crippen molar-refractivity contribution < 1.29 is 24.1 Å². The van der Waals surface area contributed by atoms with Crippen molar-refractivity contribution in [1.82, 2.24) is 9.55 Å². The Balaban J connectivity index is 2.63. The highest BCUT2D eigenvalue weighted by Gasteiger charge is 2.63. The molecule has 1 heterocycles. The Morgan fingerprint density at radius 1 is 1.36 bits per heavy atom. The van der Waals surface area contributed by atoms with E-state index in [0.29, 0.717) is 4.57 Å². The quantitative estimate of drug-likeness (QED) is 0.558. The molecule has 0 saturated heterocycles. The van der Waals surface area contributed by atoms with Gasteiger partial charge < -0.3 is 15.3 Å². The number of rotatable bonds is 3. The Bertz CT molecular complexity index is 701. The van der Waals surface area contributed by atoms with Crippen LogP contribution in [0.3, 0.4) is 0 Å². The molecular weight excluding hydrogens is 370 g/mol. The molecule has 1 aliphatic rings. The number of halogens is 3. The summed E-state index contributed by atoms with van der Waals surface area (Å²) in [5, 5.41) is 28.5. The molecule has 4 N–H and O–H groups in total.